The number of carbonyl (C=O) groups is 2. The molecule has 0 aromatic carbocycles. The number of hydrogen-bond acceptors (Lipinski definition) is 6. The van der Waals surface area contributed by atoms with Gasteiger partial charge in [0.25, 0.3) is 5.91 Å². The Morgan fingerprint density at radius 1 is 1.25 bits per heavy atom. The molecule has 0 saturated carbocycles. The molecule has 1 fully saturated rings. The van der Waals surface area contributed by atoms with Crippen molar-refractivity contribution in [3.63, 3.8) is 0 Å². The van der Waals surface area contributed by atoms with Crippen molar-refractivity contribution in [2.45, 2.75) is 32.2 Å². The molecule has 1 amide bonds. The predicted molar refractivity (Wildman–Crippen MR) is 80.8 cm³/mol. The fraction of sp³-hybridized carbons (Fsp3) is 0.438. The minimum absolute atomic E-state index is 0.0491. The molecule has 0 spiro atoms. The summed E-state index contributed by atoms with van der Waals surface area (Å²) >= 11 is 0. The molecule has 2 N–H and O–H groups in total. The van der Waals surface area contributed by atoms with E-state index in [-0.39, 0.29) is 11.5 Å². The second-order valence-electron chi connectivity index (χ2n) is 5.91. The van der Waals surface area contributed by atoms with Crippen LogP contribution in [0.5, 0.6) is 0 Å². The third-order valence-electron chi connectivity index (χ3n) is 4.13. The van der Waals surface area contributed by atoms with Crippen molar-refractivity contribution in [3.05, 3.63) is 40.7 Å². The number of ether oxygens (including phenoxy) is 1. The van der Waals surface area contributed by atoms with Crippen molar-refractivity contribution in [2.24, 2.45) is 0 Å². The first kappa shape index (κ1) is 16.3. The fourth-order valence-electron chi connectivity index (χ4n) is 2.83. The van der Waals surface area contributed by atoms with Gasteiger partial charge in [0.1, 0.15) is 5.54 Å². The van der Waals surface area contributed by atoms with Gasteiger partial charge in [0.05, 0.1) is 5.69 Å². The van der Waals surface area contributed by atoms with Gasteiger partial charge in [0, 0.05) is 37.7 Å². The summed E-state index contributed by atoms with van der Waals surface area (Å²) in [5.74, 6) is -1.44. The predicted octanol–water partition coefficient (Wildman–Crippen LogP) is 2.02. The molecule has 0 aliphatic carbocycles. The Morgan fingerprint density at radius 2 is 1.96 bits per heavy atom. The van der Waals surface area contributed by atoms with E-state index in [0.717, 1.165) is 0 Å². The molecule has 8 nitrogen and oxygen atoms in total. The van der Waals surface area contributed by atoms with Gasteiger partial charge in [-0.25, -0.2) is 4.79 Å². The summed E-state index contributed by atoms with van der Waals surface area (Å²) in [6, 6.07) is 3.19. The molecule has 0 atom stereocenters. The van der Waals surface area contributed by atoms with Crippen molar-refractivity contribution in [2.75, 3.05) is 13.2 Å². The number of nitrogens with zero attached hydrogens (tertiary/aromatic N) is 1. The number of nitrogens with one attached hydrogen (secondary N) is 1. The minimum Gasteiger partial charge on any atom is -0.475 e. The SMILES string of the molecule is Cc1cc(C2(NC(=O)c3cc(C)c(C(=O)O)o3)CCOCC2)on1. The molecule has 1 saturated heterocycles. The number of hydrogen-bond donors (Lipinski definition) is 2. The van der Waals surface area contributed by atoms with Gasteiger partial charge in [-0.15, -0.1) is 0 Å². The monoisotopic (exact) mass is 334 g/mol. The topological polar surface area (TPSA) is 115 Å². The van der Waals surface area contributed by atoms with Crippen molar-refractivity contribution in [3.8, 4) is 0 Å². The first-order valence-electron chi connectivity index (χ1n) is 7.59. The first-order valence-corrected chi connectivity index (χ1v) is 7.59. The first-order chi connectivity index (χ1) is 11.4. The molecule has 24 heavy (non-hydrogen) atoms. The molecule has 1 aliphatic rings. The smallest absolute Gasteiger partial charge is 0.372 e. The molecular formula is C16H18N2O6. The normalized spacial score (nSPS) is 16.8. The van der Waals surface area contributed by atoms with E-state index in [1.165, 1.54) is 6.07 Å². The van der Waals surface area contributed by atoms with E-state index in [2.05, 4.69) is 10.5 Å². The fourth-order valence-corrected chi connectivity index (χ4v) is 2.83. The number of furan rings is 1. The number of aromatic carboxylic acids is 1. The summed E-state index contributed by atoms with van der Waals surface area (Å²) in [5.41, 5.74) is 0.358. The molecule has 3 heterocycles. The van der Waals surface area contributed by atoms with Crippen LogP contribution in [0.15, 0.2) is 21.1 Å². The van der Waals surface area contributed by atoms with Crippen molar-refractivity contribution in [1.29, 1.82) is 0 Å². The molecule has 2 aromatic rings. The lowest BCUT2D eigenvalue weighted by Crippen LogP contribution is -2.49. The van der Waals surface area contributed by atoms with Gasteiger partial charge >= 0.3 is 5.97 Å². The number of carboxylic acids is 1. The van der Waals surface area contributed by atoms with E-state index in [4.69, 9.17) is 18.8 Å². The van der Waals surface area contributed by atoms with E-state index >= 15 is 0 Å². The molecular weight excluding hydrogens is 316 g/mol. The summed E-state index contributed by atoms with van der Waals surface area (Å²) in [7, 11) is 0. The second-order valence-corrected chi connectivity index (χ2v) is 5.91. The quantitative estimate of drug-likeness (QED) is 0.879. The highest BCUT2D eigenvalue weighted by Crippen LogP contribution is 2.33. The van der Waals surface area contributed by atoms with Crippen molar-refractivity contribution < 1.29 is 28.4 Å². The van der Waals surface area contributed by atoms with E-state index in [1.807, 2.05) is 0 Å². The average molecular weight is 334 g/mol. The number of rotatable bonds is 4. The van der Waals surface area contributed by atoms with Gasteiger partial charge < -0.3 is 24.1 Å². The standard InChI is InChI=1S/C16H18N2O6/c1-9-7-11(23-13(9)15(20)21)14(19)17-16(3-5-22-6-4-16)12-8-10(2)18-24-12/h7-8H,3-6H2,1-2H3,(H,17,19)(H,20,21). The Kier molecular flexibility index (Phi) is 4.15. The van der Waals surface area contributed by atoms with Crippen LogP contribution in [0.25, 0.3) is 0 Å². The summed E-state index contributed by atoms with van der Waals surface area (Å²) in [4.78, 5) is 23.7. The van der Waals surface area contributed by atoms with Gasteiger partial charge in [-0.05, 0) is 19.9 Å². The zero-order valence-corrected chi connectivity index (χ0v) is 13.4. The van der Waals surface area contributed by atoms with Crippen LogP contribution >= 0.6 is 0 Å². The molecule has 3 rings (SSSR count). The molecule has 128 valence electrons. The third-order valence-corrected chi connectivity index (χ3v) is 4.13. The van der Waals surface area contributed by atoms with Gasteiger partial charge in [-0.2, -0.15) is 0 Å². The van der Waals surface area contributed by atoms with Gasteiger partial charge in [0.15, 0.2) is 11.5 Å². The van der Waals surface area contributed by atoms with Crippen molar-refractivity contribution in [1.82, 2.24) is 10.5 Å². The number of aromatic nitrogens is 1. The number of aryl methyl sites for hydroxylation is 2. The van der Waals surface area contributed by atoms with Crippen LogP contribution in [-0.4, -0.2) is 35.4 Å². The Labute approximate surface area is 137 Å². The number of amides is 1. The Morgan fingerprint density at radius 3 is 2.50 bits per heavy atom. The molecule has 2 aromatic heterocycles. The maximum absolute atomic E-state index is 12.6. The molecule has 8 heteroatoms. The molecule has 0 unspecified atom stereocenters. The van der Waals surface area contributed by atoms with E-state index in [1.54, 1.807) is 19.9 Å². The molecule has 0 radical (unpaired) electrons. The van der Waals surface area contributed by atoms with Gasteiger partial charge in [-0.1, -0.05) is 5.16 Å². The minimum atomic E-state index is -1.21. The van der Waals surface area contributed by atoms with Gasteiger partial charge in [0.2, 0.25) is 5.76 Å². The Bertz CT molecular complexity index is 769. The number of carbonyl (C=O) groups excluding carboxylic acids is 1. The summed E-state index contributed by atoms with van der Waals surface area (Å²) in [6.45, 7) is 4.32. The van der Waals surface area contributed by atoms with E-state index in [9.17, 15) is 9.59 Å². The van der Waals surface area contributed by atoms with Crippen LogP contribution in [0.3, 0.4) is 0 Å². The van der Waals surface area contributed by atoms with Crippen molar-refractivity contribution >= 4 is 11.9 Å². The second kappa shape index (κ2) is 6.12. The highest BCUT2D eigenvalue weighted by molar-refractivity contribution is 5.94. The Balaban J connectivity index is 1.89. The maximum atomic E-state index is 12.6. The zero-order chi connectivity index (χ0) is 17.3. The van der Waals surface area contributed by atoms with Crippen LogP contribution in [0.4, 0.5) is 0 Å². The lowest BCUT2D eigenvalue weighted by atomic mass is 9.87. The number of carboxylic acid groups (broad SMARTS) is 1. The highest BCUT2D eigenvalue weighted by atomic mass is 16.5. The van der Waals surface area contributed by atoms with Crippen LogP contribution < -0.4 is 5.32 Å². The molecule has 1 aliphatic heterocycles. The van der Waals surface area contributed by atoms with Crippen LogP contribution in [0.2, 0.25) is 0 Å². The average Bonchev–Trinajstić information content (AvgIpc) is 3.14. The largest absolute Gasteiger partial charge is 0.475 e. The van der Waals surface area contributed by atoms with Gasteiger partial charge in [-0.3, -0.25) is 4.79 Å². The summed E-state index contributed by atoms with van der Waals surface area (Å²) < 4.78 is 15.9. The Hall–Kier alpha value is -2.61. The molecule has 0 bridgehead atoms. The van der Waals surface area contributed by atoms with E-state index < -0.39 is 17.4 Å². The van der Waals surface area contributed by atoms with Crippen LogP contribution in [-0.2, 0) is 10.3 Å². The lowest BCUT2D eigenvalue weighted by Gasteiger charge is -2.35. The summed E-state index contributed by atoms with van der Waals surface area (Å²) in [5, 5.41) is 15.9. The van der Waals surface area contributed by atoms with Crippen LogP contribution in [0.1, 0.15) is 51.0 Å². The summed E-state index contributed by atoms with van der Waals surface area (Å²) in [6.07, 6.45) is 1.05. The maximum Gasteiger partial charge on any atom is 0.372 e. The van der Waals surface area contributed by atoms with E-state index in [0.29, 0.717) is 43.1 Å². The third kappa shape index (κ3) is 2.92. The van der Waals surface area contributed by atoms with Crippen LogP contribution in [0, 0.1) is 13.8 Å². The highest BCUT2D eigenvalue weighted by Gasteiger charge is 2.40. The zero-order valence-electron chi connectivity index (χ0n) is 13.4. The lowest BCUT2D eigenvalue weighted by molar-refractivity contribution is 0.0236.